The summed E-state index contributed by atoms with van der Waals surface area (Å²) in [5.74, 6) is -0.687. The summed E-state index contributed by atoms with van der Waals surface area (Å²) in [5.41, 5.74) is -1.48. The number of ether oxygens (including phenoxy) is 2. The van der Waals surface area contributed by atoms with Crippen LogP contribution in [0.2, 0.25) is 0 Å². The molecule has 0 radical (unpaired) electrons. The van der Waals surface area contributed by atoms with E-state index in [2.05, 4.69) is 4.84 Å². The van der Waals surface area contributed by atoms with Crippen molar-refractivity contribution in [2.75, 3.05) is 26.4 Å². The third-order valence-electron chi connectivity index (χ3n) is 3.71. The molecule has 5 atom stereocenters. The minimum atomic E-state index is -1.48. The van der Waals surface area contributed by atoms with E-state index in [0.717, 1.165) is 0 Å². The van der Waals surface area contributed by atoms with Gasteiger partial charge in [0.25, 0.3) is 5.09 Å². The summed E-state index contributed by atoms with van der Waals surface area (Å²) in [5, 5.41) is 38.6. The highest BCUT2D eigenvalue weighted by molar-refractivity contribution is 5.06. The molecule has 110 valence electrons. The first-order valence-corrected chi connectivity index (χ1v) is 6.01. The number of fused-ring (bicyclic) bond motifs is 1. The standard InChI is InChI=1S/C10H17NO8/c12-3-6(1-2-19-11(15)16)10(14)5-18-8-7(13)4-17-9(8)10/h6-9,12-14H,1-5H2/t6?,7-,8+,9-,10+/m0/s1. The third kappa shape index (κ3) is 2.65. The van der Waals surface area contributed by atoms with Crippen LogP contribution in [0.4, 0.5) is 0 Å². The molecule has 0 aromatic heterocycles. The predicted molar refractivity (Wildman–Crippen MR) is 58.6 cm³/mol. The summed E-state index contributed by atoms with van der Waals surface area (Å²) >= 11 is 0. The summed E-state index contributed by atoms with van der Waals surface area (Å²) < 4.78 is 10.6. The van der Waals surface area contributed by atoms with Gasteiger partial charge in [-0.1, -0.05) is 0 Å². The van der Waals surface area contributed by atoms with Gasteiger partial charge in [-0.15, -0.1) is 10.1 Å². The largest absolute Gasteiger partial charge is 0.396 e. The maximum atomic E-state index is 10.6. The molecule has 0 amide bonds. The molecule has 9 nitrogen and oxygen atoms in total. The molecule has 0 aliphatic carbocycles. The van der Waals surface area contributed by atoms with Gasteiger partial charge in [-0.2, -0.15) is 0 Å². The monoisotopic (exact) mass is 279 g/mol. The zero-order valence-corrected chi connectivity index (χ0v) is 10.2. The highest BCUT2D eigenvalue weighted by Crippen LogP contribution is 2.39. The van der Waals surface area contributed by atoms with E-state index in [0.29, 0.717) is 0 Å². The van der Waals surface area contributed by atoms with E-state index >= 15 is 0 Å². The Morgan fingerprint density at radius 1 is 1.53 bits per heavy atom. The summed E-state index contributed by atoms with van der Waals surface area (Å²) in [6.45, 7) is -0.658. The number of hydrogen-bond donors (Lipinski definition) is 3. The van der Waals surface area contributed by atoms with Crippen molar-refractivity contribution in [3.63, 3.8) is 0 Å². The van der Waals surface area contributed by atoms with Crippen LogP contribution in [0.25, 0.3) is 0 Å². The molecule has 0 bridgehead atoms. The molecule has 2 fully saturated rings. The lowest BCUT2D eigenvalue weighted by molar-refractivity contribution is -0.758. The quantitative estimate of drug-likeness (QED) is 0.379. The number of nitrogens with zero attached hydrogens (tertiary/aromatic N) is 1. The highest BCUT2D eigenvalue weighted by atomic mass is 16.9. The van der Waals surface area contributed by atoms with Crippen LogP contribution in [0.3, 0.4) is 0 Å². The van der Waals surface area contributed by atoms with E-state index in [9.17, 15) is 25.4 Å². The maximum Gasteiger partial charge on any atom is 0.294 e. The number of hydrogen-bond acceptors (Lipinski definition) is 8. The molecule has 3 N–H and O–H groups in total. The Labute approximate surface area is 108 Å². The topological polar surface area (TPSA) is 132 Å². The molecule has 19 heavy (non-hydrogen) atoms. The lowest BCUT2D eigenvalue weighted by atomic mass is 9.81. The lowest BCUT2D eigenvalue weighted by Gasteiger charge is -2.34. The van der Waals surface area contributed by atoms with Gasteiger partial charge in [-0.3, -0.25) is 0 Å². The zero-order chi connectivity index (χ0) is 14.0. The van der Waals surface area contributed by atoms with Crippen LogP contribution < -0.4 is 0 Å². The molecule has 2 aliphatic rings. The molecule has 0 aromatic carbocycles. The van der Waals surface area contributed by atoms with Gasteiger partial charge in [0.2, 0.25) is 0 Å². The van der Waals surface area contributed by atoms with Crippen LogP contribution in [0.1, 0.15) is 6.42 Å². The fraction of sp³-hybridized carbons (Fsp3) is 1.00. The van der Waals surface area contributed by atoms with Gasteiger partial charge in [0.05, 0.1) is 19.8 Å². The smallest absolute Gasteiger partial charge is 0.294 e. The van der Waals surface area contributed by atoms with Crippen molar-refractivity contribution >= 4 is 0 Å². The SMILES string of the molecule is O=[N+]([O-])OCCC(CO)[C@]1(O)CO[C@@H]2[C@@H](O)CO[C@@H]21. The summed E-state index contributed by atoms with van der Waals surface area (Å²) in [6, 6.07) is 0. The van der Waals surface area contributed by atoms with E-state index in [1.807, 2.05) is 0 Å². The van der Waals surface area contributed by atoms with Crippen molar-refractivity contribution in [1.82, 2.24) is 0 Å². The highest BCUT2D eigenvalue weighted by Gasteiger charge is 2.58. The molecule has 0 saturated carbocycles. The molecule has 0 aromatic rings. The first-order valence-electron chi connectivity index (χ1n) is 6.01. The van der Waals surface area contributed by atoms with Crippen molar-refractivity contribution in [3.05, 3.63) is 10.1 Å². The Hall–Kier alpha value is -1.00. The Morgan fingerprint density at radius 3 is 2.89 bits per heavy atom. The van der Waals surface area contributed by atoms with E-state index < -0.39 is 34.9 Å². The van der Waals surface area contributed by atoms with Gasteiger partial charge in [0.1, 0.15) is 23.9 Å². The second-order valence-electron chi connectivity index (χ2n) is 4.81. The summed E-state index contributed by atoms with van der Waals surface area (Å²) in [7, 11) is 0. The maximum absolute atomic E-state index is 10.6. The predicted octanol–water partition coefficient (Wildman–Crippen LogP) is -1.92. The molecule has 2 saturated heterocycles. The van der Waals surface area contributed by atoms with E-state index in [4.69, 9.17) is 9.47 Å². The van der Waals surface area contributed by atoms with Crippen LogP contribution in [0.5, 0.6) is 0 Å². The Balaban J connectivity index is 1.99. The minimum absolute atomic E-state index is 0.0567. The molecular formula is C10H17NO8. The van der Waals surface area contributed by atoms with Gasteiger partial charge in [0, 0.05) is 12.5 Å². The second kappa shape index (κ2) is 5.55. The van der Waals surface area contributed by atoms with Crippen molar-refractivity contribution in [2.24, 2.45) is 5.92 Å². The first kappa shape index (κ1) is 14.4. The fourth-order valence-corrected chi connectivity index (χ4v) is 2.65. The average Bonchev–Trinajstić information content (AvgIpc) is 2.88. The Morgan fingerprint density at radius 2 is 2.26 bits per heavy atom. The zero-order valence-electron chi connectivity index (χ0n) is 10.2. The van der Waals surface area contributed by atoms with Crippen molar-refractivity contribution in [1.29, 1.82) is 0 Å². The van der Waals surface area contributed by atoms with Crippen molar-refractivity contribution < 1.29 is 34.7 Å². The molecule has 2 aliphatic heterocycles. The number of aliphatic hydroxyl groups is 3. The molecule has 9 heteroatoms. The summed E-state index contributed by atoms with van der Waals surface area (Å²) in [4.78, 5) is 14.3. The lowest BCUT2D eigenvalue weighted by Crippen LogP contribution is -2.51. The second-order valence-corrected chi connectivity index (χ2v) is 4.81. The van der Waals surface area contributed by atoms with Gasteiger partial charge < -0.3 is 29.6 Å². The number of rotatable bonds is 6. The van der Waals surface area contributed by atoms with Crippen LogP contribution in [0.15, 0.2) is 0 Å². The molecule has 1 unspecified atom stereocenters. The minimum Gasteiger partial charge on any atom is -0.396 e. The van der Waals surface area contributed by atoms with Gasteiger partial charge >= 0.3 is 0 Å². The average molecular weight is 279 g/mol. The van der Waals surface area contributed by atoms with Crippen molar-refractivity contribution in [2.45, 2.75) is 30.3 Å². The number of aliphatic hydroxyl groups excluding tert-OH is 2. The van der Waals surface area contributed by atoms with Gasteiger partial charge in [0.15, 0.2) is 0 Å². The van der Waals surface area contributed by atoms with Crippen LogP contribution in [0, 0.1) is 16.0 Å². The van der Waals surface area contributed by atoms with E-state index in [1.165, 1.54) is 0 Å². The third-order valence-corrected chi connectivity index (χ3v) is 3.71. The Bertz CT molecular complexity index is 339. The van der Waals surface area contributed by atoms with Gasteiger partial charge in [-0.05, 0) is 6.42 Å². The normalized spacial score (nSPS) is 39.0. The molecule has 2 heterocycles. The van der Waals surface area contributed by atoms with Gasteiger partial charge in [-0.25, -0.2) is 0 Å². The molecule has 2 rings (SSSR count). The van der Waals surface area contributed by atoms with Crippen LogP contribution >= 0.6 is 0 Å². The Kier molecular flexibility index (Phi) is 4.21. The van der Waals surface area contributed by atoms with Crippen LogP contribution in [-0.4, -0.2) is 70.7 Å². The van der Waals surface area contributed by atoms with Crippen LogP contribution in [-0.2, 0) is 14.3 Å². The van der Waals surface area contributed by atoms with E-state index in [-0.39, 0.29) is 32.8 Å². The fourth-order valence-electron chi connectivity index (χ4n) is 2.65. The van der Waals surface area contributed by atoms with E-state index in [1.54, 1.807) is 0 Å². The van der Waals surface area contributed by atoms with Crippen molar-refractivity contribution in [3.8, 4) is 0 Å². The molecular weight excluding hydrogens is 262 g/mol. The summed E-state index contributed by atoms with van der Waals surface area (Å²) in [6.07, 6.45) is -2.10. The first-order chi connectivity index (χ1) is 8.99. The molecule has 0 spiro atoms.